The highest BCUT2D eigenvalue weighted by Crippen LogP contribution is 2.13. The zero-order valence-corrected chi connectivity index (χ0v) is 9.93. The number of nitrogens with zero attached hydrogens (tertiary/aromatic N) is 2. The third-order valence-corrected chi connectivity index (χ3v) is 2.94. The van der Waals surface area contributed by atoms with E-state index in [9.17, 15) is 4.79 Å². The molecule has 1 aromatic rings. The summed E-state index contributed by atoms with van der Waals surface area (Å²) in [6, 6.07) is 7.17. The molecule has 1 heterocycles. The number of piperazine rings is 1. The van der Waals surface area contributed by atoms with Crippen molar-refractivity contribution in [1.82, 2.24) is 9.91 Å². The molecule has 0 atom stereocenters. The first-order valence-electron chi connectivity index (χ1n) is 5.63. The van der Waals surface area contributed by atoms with E-state index in [1.807, 2.05) is 4.90 Å². The lowest BCUT2D eigenvalue weighted by Gasteiger charge is -2.32. The first kappa shape index (κ1) is 11.9. The number of amides is 1. The SMILES string of the molecule is COc1ccc(C(=O)N2CCN(N)CC2)cc1. The molecule has 2 rings (SSSR count). The Morgan fingerprint density at radius 3 is 2.29 bits per heavy atom. The molecule has 0 saturated carbocycles. The molecule has 0 aliphatic carbocycles. The van der Waals surface area contributed by atoms with Crippen molar-refractivity contribution in [3.63, 3.8) is 0 Å². The van der Waals surface area contributed by atoms with Gasteiger partial charge in [0.1, 0.15) is 5.75 Å². The molecule has 5 nitrogen and oxygen atoms in total. The van der Waals surface area contributed by atoms with Crippen molar-refractivity contribution in [3.05, 3.63) is 29.8 Å². The molecular weight excluding hydrogens is 218 g/mol. The number of hydrazine groups is 1. The Kier molecular flexibility index (Phi) is 3.61. The molecule has 0 radical (unpaired) electrons. The van der Waals surface area contributed by atoms with Crippen molar-refractivity contribution in [2.75, 3.05) is 33.3 Å². The number of rotatable bonds is 2. The summed E-state index contributed by atoms with van der Waals surface area (Å²) in [6.07, 6.45) is 0. The van der Waals surface area contributed by atoms with Crippen LogP contribution in [0.25, 0.3) is 0 Å². The fourth-order valence-corrected chi connectivity index (χ4v) is 1.84. The van der Waals surface area contributed by atoms with Gasteiger partial charge in [0.25, 0.3) is 5.91 Å². The highest BCUT2D eigenvalue weighted by molar-refractivity contribution is 5.94. The molecule has 1 fully saturated rings. The Morgan fingerprint density at radius 1 is 1.18 bits per heavy atom. The summed E-state index contributed by atoms with van der Waals surface area (Å²) in [6.45, 7) is 2.81. The van der Waals surface area contributed by atoms with Crippen LogP contribution in [0.5, 0.6) is 5.75 Å². The van der Waals surface area contributed by atoms with Crippen molar-refractivity contribution in [3.8, 4) is 5.75 Å². The van der Waals surface area contributed by atoms with Gasteiger partial charge in [-0.25, -0.2) is 5.01 Å². The molecule has 0 bridgehead atoms. The highest BCUT2D eigenvalue weighted by atomic mass is 16.5. The third-order valence-electron chi connectivity index (χ3n) is 2.94. The number of hydrogen-bond donors (Lipinski definition) is 1. The van der Waals surface area contributed by atoms with Gasteiger partial charge in [-0.3, -0.25) is 10.6 Å². The first-order valence-corrected chi connectivity index (χ1v) is 5.63. The predicted molar refractivity (Wildman–Crippen MR) is 64.7 cm³/mol. The van der Waals surface area contributed by atoms with Crippen molar-refractivity contribution < 1.29 is 9.53 Å². The molecule has 17 heavy (non-hydrogen) atoms. The van der Waals surface area contributed by atoms with Gasteiger partial charge < -0.3 is 9.64 Å². The summed E-state index contributed by atoms with van der Waals surface area (Å²) in [5.41, 5.74) is 0.691. The minimum Gasteiger partial charge on any atom is -0.497 e. The van der Waals surface area contributed by atoms with Crippen LogP contribution in [0.1, 0.15) is 10.4 Å². The number of hydrogen-bond acceptors (Lipinski definition) is 4. The van der Waals surface area contributed by atoms with Crippen LogP contribution in [0.2, 0.25) is 0 Å². The van der Waals surface area contributed by atoms with Crippen molar-refractivity contribution in [1.29, 1.82) is 0 Å². The predicted octanol–water partition coefficient (Wildman–Crippen LogP) is 0.327. The number of carbonyl (C=O) groups is 1. The zero-order chi connectivity index (χ0) is 12.3. The van der Waals surface area contributed by atoms with Gasteiger partial charge in [0, 0.05) is 31.7 Å². The first-order chi connectivity index (χ1) is 8.20. The van der Waals surface area contributed by atoms with Crippen LogP contribution in [0.15, 0.2) is 24.3 Å². The van der Waals surface area contributed by atoms with Crippen LogP contribution in [-0.2, 0) is 0 Å². The van der Waals surface area contributed by atoms with Gasteiger partial charge in [-0.05, 0) is 24.3 Å². The molecule has 1 amide bonds. The maximum atomic E-state index is 12.1. The lowest BCUT2D eigenvalue weighted by Crippen LogP contribution is -2.51. The summed E-state index contributed by atoms with van der Waals surface area (Å²) in [7, 11) is 1.61. The zero-order valence-electron chi connectivity index (χ0n) is 9.93. The molecule has 2 N–H and O–H groups in total. The monoisotopic (exact) mass is 235 g/mol. The molecule has 1 aliphatic heterocycles. The minimum atomic E-state index is 0.0563. The van der Waals surface area contributed by atoms with Crippen LogP contribution >= 0.6 is 0 Å². The molecule has 5 heteroatoms. The standard InChI is InChI=1S/C12H17N3O2/c1-17-11-4-2-10(3-5-11)12(16)14-6-8-15(13)9-7-14/h2-5H,6-9,13H2,1H3. The molecule has 1 saturated heterocycles. The van der Waals surface area contributed by atoms with Crippen molar-refractivity contribution in [2.24, 2.45) is 5.84 Å². The van der Waals surface area contributed by atoms with Gasteiger partial charge in [-0.15, -0.1) is 0 Å². The third kappa shape index (κ3) is 2.75. The van der Waals surface area contributed by atoms with Crippen LogP contribution in [0.3, 0.4) is 0 Å². The van der Waals surface area contributed by atoms with E-state index in [-0.39, 0.29) is 5.91 Å². The Morgan fingerprint density at radius 2 is 1.76 bits per heavy atom. The molecule has 0 aromatic heterocycles. The summed E-state index contributed by atoms with van der Waals surface area (Å²) in [4.78, 5) is 14.0. The quantitative estimate of drug-likeness (QED) is 0.750. The average molecular weight is 235 g/mol. The van der Waals surface area contributed by atoms with E-state index in [4.69, 9.17) is 10.6 Å². The van der Waals surface area contributed by atoms with Gasteiger partial charge in [0.2, 0.25) is 0 Å². The van der Waals surface area contributed by atoms with E-state index in [0.29, 0.717) is 18.7 Å². The number of methoxy groups -OCH3 is 1. The van der Waals surface area contributed by atoms with Crippen molar-refractivity contribution in [2.45, 2.75) is 0 Å². The number of carbonyl (C=O) groups excluding carboxylic acids is 1. The fraction of sp³-hybridized carbons (Fsp3) is 0.417. The second-order valence-corrected chi connectivity index (χ2v) is 4.06. The summed E-state index contributed by atoms with van der Waals surface area (Å²) < 4.78 is 5.06. The van der Waals surface area contributed by atoms with Crippen LogP contribution in [0, 0.1) is 0 Å². The van der Waals surface area contributed by atoms with Gasteiger partial charge in [-0.1, -0.05) is 0 Å². The molecule has 0 unspecified atom stereocenters. The van der Waals surface area contributed by atoms with E-state index >= 15 is 0 Å². The smallest absolute Gasteiger partial charge is 0.253 e. The van der Waals surface area contributed by atoms with Gasteiger partial charge in [0.05, 0.1) is 7.11 Å². The maximum Gasteiger partial charge on any atom is 0.253 e. The maximum absolute atomic E-state index is 12.1. The number of benzene rings is 1. The van der Waals surface area contributed by atoms with E-state index < -0.39 is 0 Å². The number of nitrogens with two attached hydrogens (primary N) is 1. The number of ether oxygens (including phenoxy) is 1. The lowest BCUT2D eigenvalue weighted by molar-refractivity contribution is 0.0638. The summed E-state index contributed by atoms with van der Waals surface area (Å²) in [5.74, 6) is 6.47. The second-order valence-electron chi connectivity index (χ2n) is 4.06. The molecule has 0 spiro atoms. The molecule has 1 aliphatic rings. The van der Waals surface area contributed by atoms with E-state index in [0.717, 1.165) is 18.8 Å². The van der Waals surface area contributed by atoms with E-state index in [1.165, 1.54) is 0 Å². The van der Waals surface area contributed by atoms with Crippen LogP contribution in [-0.4, -0.2) is 49.1 Å². The Hall–Kier alpha value is -1.59. The van der Waals surface area contributed by atoms with E-state index in [2.05, 4.69) is 0 Å². The normalized spacial score (nSPS) is 16.9. The Bertz CT molecular complexity index is 383. The van der Waals surface area contributed by atoms with Crippen LogP contribution < -0.4 is 10.6 Å². The largest absolute Gasteiger partial charge is 0.497 e. The van der Waals surface area contributed by atoms with Gasteiger partial charge in [-0.2, -0.15) is 0 Å². The molecular formula is C12H17N3O2. The highest BCUT2D eigenvalue weighted by Gasteiger charge is 2.20. The molecule has 1 aromatic carbocycles. The molecule has 92 valence electrons. The van der Waals surface area contributed by atoms with Crippen molar-refractivity contribution >= 4 is 5.91 Å². The minimum absolute atomic E-state index is 0.0563. The Labute approximate surface area is 101 Å². The second kappa shape index (κ2) is 5.16. The Balaban J connectivity index is 2.03. The fourth-order valence-electron chi connectivity index (χ4n) is 1.84. The van der Waals surface area contributed by atoms with E-state index in [1.54, 1.807) is 36.4 Å². The summed E-state index contributed by atoms with van der Waals surface area (Å²) in [5, 5.41) is 1.73. The summed E-state index contributed by atoms with van der Waals surface area (Å²) >= 11 is 0. The van der Waals surface area contributed by atoms with Gasteiger partial charge in [0.15, 0.2) is 0 Å². The topological polar surface area (TPSA) is 58.8 Å². The lowest BCUT2D eigenvalue weighted by atomic mass is 10.2. The average Bonchev–Trinajstić information content (AvgIpc) is 2.39. The van der Waals surface area contributed by atoms with Gasteiger partial charge >= 0.3 is 0 Å². The van der Waals surface area contributed by atoms with Crippen LogP contribution in [0.4, 0.5) is 0 Å².